The van der Waals surface area contributed by atoms with E-state index in [0.29, 0.717) is 29.7 Å². The van der Waals surface area contributed by atoms with Crippen molar-refractivity contribution in [3.8, 4) is 5.75 Å². The van der Waals surface area contributed by atoms with Gasteiger partial charge in [-0.2, -0.15) is 0 Å². The molecule has 1 aromatic carbocycles. The number of amides is 1. The Balaban J connectivity index is 1.61. The molecule has 1 saturated heterocycles. The molecule has 0 atom stereocenters. The fourth-order valence-electron chi connectivity index (χ4n) is 2.76. The first-order chi connectivity index (χ1) is 12.7. The number of nitrogens with one attached hydrogen (secondary N) is 2. The zero-order valence-electron chi connectivity index (χ0n) is 14.6. The molecule has 140 valence electrons. The first kappa shape index (κ1) is 18.6. The van der Waals surface area contributed by atoms with Gasteiger partial charge in [0.2, 0.25) is 0 Å². The number of anilines is 1. The average Bonchev–Trinajstić information content (AvgIpc) is 3.15. The molecule has 0 aliphatic carbocycles. The summed E-state index contributed by atoms with van der Waals surface area (Å²) in [6.45, 7) is 2.77. The summed E-state index contributed by atoms with van der Waals surface area (Å²) in [6, 6.07) is 5.35. The summed E-state index contributed by atoms with van der Waals surface area (Å²) in [7, 11) is 1.60. The van der Waals surface area contributed by atoms with E-state index in [-0.39, 0.29) is 17.6 Å². The number of hydrogen-bond acceptors (Lipinski definition) is 6. The van der Waals surface area contributed by atoms with Crippen LogP contribution in [0.2, 0.25) is 5.02 Å². The van der Waals surface area contributed by atoms with Gasteiger partial charge in [0.1, 0.15) is 12.4 Å². The fourth-order valence-corrected chi connectivity index (χ4v) is 2.99. The van der Waals surface area contributed by atoms with E-state index in [1.807, 2.05) is 0 Å². The lowest BCUT2D eigenvalue weighted by atomic mass is 10.1. The molecule has 2 heterocycles. The number of halogens is 1. The number of aromatic nitrogens is 3. The fraction of sp³-hybridized carbons (Fsp3) is 0.471. The lowest BCUT2D eigenvalue weighted by Crippen LogP contribution is -2.29. The third kappa shape index (κ3) is 4.72. The molecule has 8 nitrogen and oxygen atoms in total. The van der Waals surface area contributed by atoms with Crippen molar-refractivity contribution in [3.05, 3.63) is 35.1 Å². The van der Waals surface area contributed by atoms with E-state index in [0.717, 1.165) is 25.9 Å². The number of benzene rings is 1. The standard InChI is InChI=1S/C17H22ClN5O3/c1-25-8-9-26-16-3-2-12(10-14(16)18)20-17(24)15-11-23(22-21-15)13-4-6-19-7-5-13/h2-3,10-11,13,19H,4-9H2,1H3,(H,20,24). The Bertz CT molecular complexity index is 746. The molecule has 0 bridgehead atoms. The minimum Gasteiger partial charge on any atom is -0.490 e. The number of carbonyl (C=O) groups is 1. The number of rotatable bonds is 7. The summed E-state index contributed by atoms with van der Waals surface area (Å²) < 4.78 is 12.2. The zero-order valence-corrected chi connectivity index (χ0v) is 15.3. The third-order valence-electron chi connectivity index (χ3n) is 4.16. The molecule has 0 saturated carbocycles. The molecule has 2 aromatic rings. The zero-order chi connectivity index (χ0) is 18.4. The van der Waals surface area contributed by atoms with Gasteiger partial charge in [0.25, 0.3) is 5.91 Å². The highest BCUT2D eigenvalue weighted by Crippen LogP contribution is 2.28. The minimum absolute atomic E-state index is 0.278. The molecule has 1 amide bonds. The minimum atomic E-state index is -0.325. The second-order valence-electron chi connectivity index (χ2n) is 6.01. The summed E-state index contributed by atoms with van der Waals surface area (Å²) in [4.78, 5) is 12.4. The monoisotopic (exact) mass is 379 g/mol. The highest BCUT2D eigenvalue weighted by molar-refractivity contribution is 6.32. The molecule has 2 N–H and O–H groups in total. The molecule has 1 aliphatic heterocycles. The van der Waals surface area contributed by atoms with Gasteiger partial charge in [-0.25, -0.2) is 4.68 Å². The molecular formula is C17H22ClN5O3. The Morgan fingerprint density at radius 1 is 1.38 bits per heavy atom. The van der Waals surface area contributed by atoms with Crippen molar-refractivity contribution in [2.45, 2.75) is 18.9 Å². The summed E-state index contributed by atoms with van der Waals surface area (Å²) in [6.07, 6.45) is 3.64. The van der Waals surface area contributed by atoms with Gasteiger partial charge in [-0.15, -0.1) is 5.10 Å². The summed E-state index contributed by atoms with van der Waals surface area (Å²) in [5, 5.41) is 14.6. The van der Waals surface area contributed by atoms with E-state index in [9.17, 15) is 4.79 Å². The smallest absolute Gasteiger partial charge is 0.277 e. The van der Waals surface area contributed by atoms with Gasteiger partial charge < -0.3 is 20.1 Å². The normalized spacial score (nSPS) is 15.0. The maximum absolute atomic E-state index is 12.4. The molecule has 26 heavy (non-hydrogen) atoms. The van der Waals surface area contributed by atoms with Crippen molar-refractivity contribution in [2.75, 3.05) is 38.7 Å². The van der Waals surface area contributed by atoms with Gasteiger partial charge in [0, 0.05) is 12.8 Å². The highest BCUT2D eigenvalue weighted by atomic mass is 35.5. The Morgan fingerprint density at radius 2 is 2.19 bits per heavy atom. The van der Waals surface area contributed by atoms with Crippen LogP contribution in [0.3, 0.4) is 0 Å². The first-order valence-corrected chi connectivity index (χ1v) is 8.90. The molecule has 3 rings (SSSR count). The maximum atomic E-state index is 12.4. The van der Waals surface area contributed by atoms with Gasteiger partial charge in [0.05, 0.1) is 23.9 Å². The van der Waals surface area contributed by atoms with Crippen molar-refractivity contribution >= 4 is 23.2 Å². The molecule has 1 aromatic heterocycles. The van der Waals surface area contributed by atoms with Crippen molar-refractivity contribution in [2.24, 2.45) is 0 Å². The number of piperidine rings is 1. The van der Waals surface area contributed by atoms with Crippen LogP contribution in [0.4, 0.5) is 5.69 Å². The molecular weight excluding hydrogens is 358 g/mol. The Morgan fingerprint density at radius 3 is 2.92 bits per heavy atom. The van der Waals surface area contributed by atoms with E-state index in [2.05, 4.69) is 20.9 Å². The topological polar surface area (TPSA) is 90.3 Å². The van der Waals surface area contributed by atoms with Crippen molar-refractivity contribution in [3.63, 3.8) is 0 Å². The average molecular weight is 380 g/mol. The Kier molecular flexibility index (Phi) is 6.43. The first-order valence-electron chi connectivity index (χ1n) is 8.52. The van der Waals surface area contributed by atoms with Crippen LogP contribution in [-0.4, -0.2) is 54.3 Å². The molecule has 0 spiro atoms. The van der Waals surface area contributed by atoms with E-state index < -0.39 is 0 Å². The predicted octanol–water partition coefficient (Wildman–Crippen LogP) is 2.13. The van der Waals surface area contributed by atoms with Gasteiger partial charge in [-0.3, -0.25) is 4.79 Å². The summed E-state index contributed by atoms with van der Waals surface area (Å²) in [5.41, 5.74) is 0.843. The molecule has 0 radical (unpaired) electrons. The molecule has 1 aliphatic rings. The van der Waals surface area contributed by atoms with Crippen LogP contribution in [0, 0.1) is 0 Å². The number of methoxy groups -OCH3 is 1. The van der Waals surface area contributed by atoms with Crippen molar-refractivity contribution < 1.29 is 14.3 Å². The van der Waals surface area contributed by atoms with Crippen LogP contribution in [0.25, 0.3) is 0 Å². The van der Waals surface area contributed by atoms with Crippen LogP contribution in [0.15, 0.2) is 24.4 Å². The number of carbonyl (C=O) groups excluding carboxylic acids is 1. The SMILES string of the molecule is COCCOc1ccc(NC(=O)c2cn(C3CCNCC3)nn2)cc1Cl. The molecule has 1 fully saturated rings. The van der Waals surface area contributed by atoms with Crippen LogP contribution in [0.1, 0.15) is 29.4 Å². The van der Waals surface area contributed by atoms with Crippen molar-refractivity contribution in [1.82, 2.24) is 20.3 Å². The van der Waals surface area contributed by atoms with E-state index in [1.54, 1.807) is 36.2 Å². The lowest BCUT2D eigenvalue weighted by Gasteiger charge is -2.22. The van der Waals surface area contributed by atoms with Crippen LogP contribution in [0.5, 0.6) is 5.75 Å². The summed E-state index contributed by atoms with van der Waals surface area (Å²) in [5.74, 6) is 0.216. The van der Waals surface area contributed by atoms with Gasteiger partial charge >= 0.3 is 0 Å². The maximum Gasteiger partial charge on any atom is 0.277 e. The third-order valence-corrected chi connectivity index (χ3v) is 4.46. The second-order valence-corrected chi connectivity index (χ2v) is 6.41. The predicted molar refractivity (Wildman–Crippen MR) is 97.9 cm³/mol. The van der Waals surface area contributed by atoms with Crippen molar-refractivity contribution in [1.29, 1.82) is 0 Å². The van der Waals surface area contributed by atoms with E-state index in [4.69, 9.17) is 21.1 Å². The number of hydrogen-bond donors (Lipinski definition) is 2. The lowest BCUT2D eigenvalue weighted by molar-refractivity contribution is 0.102. The number of ether oxygens (including phenoxy) is 2. The Hall–Kier alpha value is -2.16. The van der Waals surface area contributed by atoms with Gasteiger partial charge in [-0.05, 0) is 44.1 Å². The molecule has 0 unspecified atom stereocenters. The van der Waals surface area contributed by atoms with Crippen LogP contribution >= 0.6 is 11.6 Å². The largest absolute Gasteiger partial charge is 0.490 e. The van der Waals surface area contributed by atoms with E-state index in [1.165, 1.54) is 0 Å². The van der Waals surface area contributed by atoms with Gasteiger partial charge in [-0.1, -0.05) is 16.8 Å². The molecule has 9 heteroatoms. The van der Waals surface area contributed by atoms with Gasteiger partial charge in [0.15, 0.2) is 5.69 Å². The highest BCUT2D eigenvalue weighted by Gasteiger charge is 2.19. The van der Waals surface area contributed by atoms with Crippen LogP contribution in [-0.2, 0) is 4.74 Å². The second kappa shape index (κ2) is 8.98. The number of nitrogens with zero attached hydrogens (tertiary/aromatic N) is 3. The Labute approximate surface area is 156 Å². The van der Waals surface area contributed by atoms with E-state index >= 15 is 0 Å². The summed E-state index contributed by atoms with van der Waals surface area (Å²) >= 11 is 6.19. The van der Waals surface area contributed by atoms with Crippen LogP contribution < -0.4 is 15.4 Å². The quantitative estimate of drug-likeness (QED) is 0.716.